The third-order valence-electron chi connectivity index (χ3n) is 3.95. The summed E-state index contributed by atoms with van der Waals surface area (Å²) < 4.78 is 5.74. The van der Waals surface area contributed by atoms with Gasteiger partial charge in [-0.3, -0.25) is 0 Å². The molecule has 2 rings (SSSR count). The van der Waals surface area contributed by atoms with E-state index < -0.39 is 11.6 Å². The van der Waals surface area contributed by atoms with Crippen molar-refractivity contribution < 1.29 is 14.6 Å². The maximum absolute atomic E-state index is 11.6. The summed E-state index contributed by atoms with van der Waals surface area (Å²) in [6.07, 6.45) is 6.81. The van der Waals surface area contributed by atoms with E-state index in [0.29, 0.717) is 18.9 Å². The monoisotopic (exact) mass is 286 g/mol. The van der Waals surface area contributed by atoms with Gasteiger partial charge in [-0.25, -0.2) is 4.79 Å². The molecule has 1 aromatic rings. The molecule has 0 radical (unpaired) electrons. The third kappa shape index (κ3) is 3.61. The van der Waals surface area contributed by atoms with Gasteiger partial charge in [-0.15, -0.1) is 0 Å². The second-order valence-corrected chi connectivity index (χ2v) is 5.58. The molecule has 0 aromatic heterocycles. The van der Waals surface area contributed by atoms with Crippen molar-refractivity contribution in [2.24, 2.45) is 5.92 Å². The number of aliphatic carboxylic acids is 1. The minimum atomic E-state index is -1.22. The fourth-order valence-electron chi connectivity index (χ4n) is 2.20. The van der Waals surface area contributed by atoms with Crippen molar-refractivity contribution in [1.82, 2.24) is 0 Å². The number of hydrogen-bond acceptors (Lipinski definition) is 2. The highest BCUT2D eigenvalue weighted by Gasteiger charge is 2.38. The minimum absolute atomic E-state index is 0.356. The Morgan fingerprint density at radius 3 is 2.62 bits per heavy atom. The highest BCUT2D eigenvalue weighted by Crippen LogP contribution is 2.30. The molecule has 1 aromatic carbocycles. The Morgan fingerprint density at radius 2 is 2.10 bits per heavy atom. The quantitative estimate of drug-likeness (QED) is 0.862. The molecule has 0 amide bonds. The van der Waals surface area contributed by atoms with Gasteiger partial charge in [-0.05, 0) is 23.1 Å². The summed E-state index contributed by atoms with van der Waals surface area (Å²) >= 11 is 0. The zero-order valence-electron chi connectivity index (χ0n) is 12.6. The topological polar surface area (TPSA) is 46.5 Å². The van der Waals surface area contributed by atoms with Crippen molar-refractivity contribution in [1.29, 1.82) is 0 Å². The van der Waals surface area contributed by atoms with Gasteiger partial charge in [0.25, 0.3) is 0 Å². The van der Waals surface area contributed by atoms with Crippen molar-refractivity contribution in [3.63, 3.8) is 0 Å². The Kier molecular flexibility index (Phi) is 4.97. The summed E-state index contributed by atoms with van der Waals surface area (Å²) in [7, 11) is 0. The van der Waals surface area contributed by atoms with E-state index >= 15 is 0 Å². The van der Waals surface area contributed by atoms with Crippen LogP contribution in [0.25, 0.3) is 5.57 Å². The largest absolute Gasteiger partial charge is 0.479 e. The number of benzene rings is 1. The van der Waals surface area contributed by atoms with Crippen LogP contribution < -0.4 is 0 Å². The molecular weight excluding hydrogens is 264 g/mol. The molecule has 0 spiro atoms. The van der Waals surface area contributed by atoms with Crippen LogP contribution in [0.4, 0.5) is 0 Å². The van der Waals surface area contributed by atoms with Crippen LogP contribution >= 0.6 is 0 Å². The number of carboxylic acids is 1. The molecule has 0 saturated heterocycles. The van der Waals surface area contributed by atoms with Crippen LogP contribution in [0.1, 0.15) is 32.3 Å². The summed E-state index contributed by atoms with van der Waals surface area (Å²) in [6.45, 7) is 4.60. The number of hydrogen-bond donors (Lipinski definition) is 1. The summed E-state index contributed by atoms with van der Waals surface area (Å²) in [5.74, 6) is -0.570. The van der Waals surface area contributed by atoms with E-state index in [0.717, 1.165) is 17.6 Å². The zero-order valence-corrected chi connectivity index (χ0v) is 12.6. The summed E-state index contributed by atoms with van der Waals surface area (Å²) in [5, 5.41) is 9.53. The second-order valence-electron chi connectivity index (χ2n) is 5.58. The van der Waals surface area contributed by atoms with Crippen molar-refractivity contribution in [2.45, 2.75) is 32.3 Å². The molecule has 1 aliphatic rings. The molecule has 0 fully saturated rings. The maximum Gasteiger partial charge on any atom is 0.340 e. The molecule has 0 aliphatic heterocycles. The maximum atomic E-state index is 11.6. The van der Waals surface area contributed by atoms with E-state index in [2.05, 4.69) is 13.8 Å². The van der Waals surface area contributed by atoms with E-state index in [4.69, 9.17) is 4.74 Å². The average Bonchev–Trinajstić information content (AvgIpc) is 2.53. The molecule has 0 saturated carbocycles. The number of carbonyl (C=O) groups is 1. The van der Waals surface area contributed by atoms with E-state index in [1.165, 1.54) is 0 Å². The van der Waals surface area contributed by atoms with Crippen LogP contribution in [0, 0.1) is 5.92 Å². The Balaban J connectivity index is 2.12. The average molecular weight is 286 g/mol. The number of rotatable bonds is 6. The molecule has 2 unspecified atom stereocenters. The molecule has 112 valence electrons. The second kappa shape index (κ2) is 6.72. The van der Waals surface area contributed by atoms with Crippen molar-refractivity contribution in [3.05, 3.63) is 54.1 Å². The lowest BCUT2D eigenvalue weighted by atomic mass is 9.89. The van der Waals surface area contributed by atoms with Gasteiger partial charge in [0.05, 0.1) is 6.61 Å². The first-order chi connectivity index (χ1) is 10.1. The van der Waals surface area contributed by atoms with Gasteiger partial charge in [0.2, 0.25) is 0 Å². The van der Waals surface area contributed by atoms with Crippen molar-refractivity contribution >= 4 is 11.5 Å². The van der Waals surface area contributed by atoms with Gasteiger partial charge in [-0.2, -0.15) is 0 Å². The number of allylic oxidation sites excluding steroid dienone is 2. The van der Waals surface area contributed by atoms with Crippen molar-refractivity contribution in [3.8, 4) is 0 Å². The van der Waals surface area contributed by atoms with Crippen LogP contribution in [-0.4, -0.2) is 23.3 Å². The molecule has 0 heterocycles. The summed E-state index contributed by atoms with van der Waals surface area (Å²) in [4.78, 5) is 11.6. The first kappa shape index (κ1) is 15.5. The lowest BCUT2D eigenvalue weighted by Gasteiger charge is -2.29. The van der Waals surface area contributed by atoms with E-state index in [-0.39, 0.29) is 0 Å². The summed E-state index contributed by atoms with van der Waals surface area (Å²) in [5.41, 5.74) is 0.913. The minimum Gasteiger partial charge on any atom is -0.479 e. The first-order valence-corrected chi connectivity index (χ1v) is 7.39. The van der Waals surface area contributed by atoms with Gasteiger partial charge < -0.3 is 9.84 Å². The predicted molar refractivity (Wildman–Crippen MR) is 83.9 cm³/mol. The molecule has 1 N–H and O–H groups in total. The predicted octanol–water partition coefficient (Wildman–Crippen LogP) is 3.92. The Bertz CT molecular complexity index is 545. The van der Waals surface area contributed by atoms with E-state index in [1.807, 2.05) is 42.5 Å². The summed E-state index contributed by atoms with van der Waals surface area (Å²) in [6, 6.07) is 9.95. The fourth-order valence-corrected chi connectivity index (χ4v) is 2.20. The van der Waals surface area contributed by atoms with E-state index in [9.17, 15) is 9.90 Å². The Labute approximate surface area is 125 Å². The van der Waals surface area contributed by atoms with Crippen LogP contribution in [0.5, 0.6) is 0 Å². The molecule has 1 aliphatic carbocycles. The van der Waals surface area contributed by atoms with E-state index in [1.54, 1.807) is 6.08 Å². The number of carboxylic acid groups (broad SMARTS) is 1. The van der Waals surface area contributed by atoms with Crippen molar-refractivity contribution in [2.75, 3.05) is 6.61 Å². The first-order valence-electron chi connectivity index (χ1n) is 7.39. The molecular formula is C18H22O3. The van der Waals surface area contributed by atoms with Gasteiger partial charge in [0, 0.05) is 6.42 Å². The highest BCUT2D eigenvalue weighted by atomic mass is 16.5. The van der Waals surface area contributed by atoms with Crippen LogP contribution in [0.3, 0.4) is 0 Å². The van der Waals surface area contributed by atoms with Gasteiger partial charge in [0.15, 0.2) is 5.60 Å². The fraction of sp³-hybridized carbons (Fsp3) is 0.389. The lowest BCUT2D eigenvalue weighted by Crippen LogP contribution is -2.41. The third-order valence-corrected chi connectivity index (χ3v) is 3.95. The molecule has 2 atom stereocenters. The van der Waals surface area contributed by atoms with Crippen LogP contribution in [0.2, 0.25) is 0 Å². The Hall–Kier alpha value is -1.87. The number of ether oxygens (including phenoxy) is 1. The molecule has 21 heavy (non-hydrogen) atoms. The SMILES string of the molecule is CCC(C)COC1(C(=O)O)C=CC(c2ccccc2)=CC1. The standard InChI is InChI=1S/C18H22O3/c1-3-14(2)13-21-18(17(19)20)11-9-16(10-12-18)15-7-5-4-6-8-15/h4-11,14H,3,12-13H2,1-2H3,(H,19,20). The molecule has 3 heteroatoms. The molecule has 0 bridgehead atoms. The molecule has 3 nitrogen and oxygen atoms in total. The van der Waals surface area contributed by atoms with Gasteiger partial charge in [-0.1, -0.05) is 62.8 Å². The van der Waals surface area contributed by atoms with Crippen LogP contribution in [0.15, 0.2) is 48.6 Å². The van der Waals surface area contributed by atoms with Gasteiger partial charge >= 0.3 is 5.97 Å². The smallest absolute Gasteiger partial charge is 0.340 e. The highest BCUT2D eigenvalue weighted by molar-refractivity contribution is 5.85. The zero-order chi connectivity index (χ0) is 15.3. The van der Waals surface area contributed by atoms with Gasteiger partial charge in [0.1, 0.15) is 0 Å². The van der Waals surface area contributed by atoms with Crippen LogP contribution in [-0.2, 0) is 9.53 Å². The normalized spacial score (nSPS) is 22.7. The Morgan fingerprint density at radius 1 is 1.38 bits per heavy atom. The lowest BCUT2D eigenvalue weighted by molar-refractivity contribution is -0.160.